The van der Waals surface area contributed by atoms with Crippen molar-refractivity contribution >= 4 is 0 Å². The average molecular weight is 371 g/mol. The Bertz CT molecular complexity index is 108. The van der Waals surface area contributed by atoms with Crippen molar-refractivity contribution in [3.05, 3.63) is 0 Å². The predicted octanol–water partition coefficient (Wildman–Crippen LogP) is -2.05. The van der Waals surface area contributed by atoms with Gasteiger partial charge in [-0.15, -0.1) is 0 Å². The van der Waals surface area contributed by atoms with E-state index in [2.05, 4.69) is 39.4 Å². The van der Waals surface area contributed by atoms with Gasteiger partial charge in [-0.25, -0.2) is 31.6 Å². The van der Waals surface area contributed by atoms with Crippen LogP contribution in [-0.2, 0) is 44.4 Å². The number of hydrogen-bond acceptors (Lipinski definition) is 6. The molecule has 0 amide bonds. The minimum Gasteiger partial charge on any atom is -1.00 e. The van der Waals surface area contributed by atoms with Crippen molar-refractivity contribution in [2.75, 3.05) is 0 Å². The number of hydrogen-bond donors (Lipinski definition) is 0. The molecule has 0 saturated carbocycles. The van der Waals surface area contributed by atoms with Gasteiger partial charge in [0.15, 0.2) is 0 Å². The monoisotopic (exact) mass is 372 g/mol. The van der Waals surface area contributed by atoms with E-state index in [0.29, 0.717) is 0 Å². The normalized spacial score (nSPS) is 0.800. The van der Waals surface area contributed by atoms with E-state index in [1.165, 1.54) is 0 Å². The van der Waals surface area contributed by atoms with Crippen molar-refractivity contribution in [2.24, 2.45) is 0 Å². The van der Waals surface area contributed by atoms with E-state index >= 15 is 0 Å². The van der Waals surface area contributed by atoms with Gasteiger partial charge in [0.25, 0.3) is 0 Å². The summed E-state index contributed by atoms with van der Waals surface area (Å²) in [5, 5.41) is 39.0. The molecule has 0 aromatic rings. The molecule has 0 atom stereocenters. The Morgan fingerprint density at radius 2 is 0.467 bits per heavy atom. The first-order valence-corrected chi connectivity index (χ1v) is 1.55. The molecule has 0 aliphatic rings. The first-order chi connectivity index (χ1) is 6.00. The minimum atomic E-state index is 0. The molecule has 0 saturated heterocycles. The zero-order chi connectivity index (χ0) is 12.0. The van der Waals surface area contributed by atoms with Crippen molar-refractivity contribution < 1.29 is 97.2 Å². The van der Waals surface area contributed by atoms with Gasteiger partial charge >= 0.3 is 51.4 Å². The van der Waals surface area contributed by atoms with Crippen molar-refractivity contribution in [3.8, 4) is 39.4 Å². The van der Waals surface area contributed by atoms with Gasteiger partial charge in [0.1, 0.15) is 0 Å². The van der Waals surface area contributed by atoms with E-state index in [1.807, 2.05) is 0 Å². The van der Waals surface area contributed by atoms with Gasteiger partial charge in [-0.05, 0) is 0 Å². The minimum absolute atomic E-state index is 0. The molecule has 0 fully saturated rings. The van der Waals surface area contributed by atoms with Crippen LogP contribution >= 0.6 is 0 Å². The number of nitriles is 6. The predicted molar refractivity (Wildman–Crippen MR) is 41.1 cm³/mol. The van der Waals surface area contributed by atoms with E-state index < -0.39 is 0 Å². The van der Waals surface area contributed by atoms with Gasteiger partial charge in [-0.2, -0.15) is 0 Å². The largest absolute Gasteiger partial charge is 1.00 e. The van der Waals surface area contributed by atoms with Gasteiger partial charge in [0.2, 0.25) is 0 Å². The van der Waals surface area contributed by atoms with Gasteiger partial charge in [-0.3, -0.25) is 0 Å². The van der Waals surface area contributed by atoms with Gasteiger partial charge in [0.05, 0.1) is 0 Å². The van der Waals surface area contributed by atoms with Crippen molar-refractivity contribution in [3.63, 3.8) is 0 Å². The molecule has 0 N–H and O–H groups in total. The molecule has 9 heteroatoms. The number of nitrogens with zero attached hydrogens (tertiary/aromatic N) is 6. The van der Waals surface area contributed by atoms with Crippen LogP contribution in [0.1, 0.15) is 1.43 Å². The van der Waals surface area contributed by atoms with E-state index in [-0.39, 0.29) is 97.2 Å². The molecule has 0 aliphatic carbocycles. The summed E-state index contributed by atoms with van der Waals surface area (Å²) < 4.78 is 0. The maximum absolute atomic E-state index is 6.50. The fourth-order valence-corrected chi connectivity index (χ4v) is 0. The molecule has 0 unspecified atom stereocenters. The molecule has 0 rings (SSSR count). The summed E-state index contributed by atoms with van der Waals surface area (Å²) in [4.78, 5) is 0. The third kappa shape index (κ3) is 6300000. The van der Waals surface area contributed by atoms with E-state index in [9.17, 15) is 0 Å². The second-order valence-electron chi connectivity index (χ2n) is 0. The molecule has 6 nitrogen and oxygen atoms in total. The molecule has 0 heterocycles. The molecule has 0 aromatic heterocycles. The Morgan fingerprint density at radius 3 is 0.467 bits per heavy atom. The maximum atomic E-state index is 6.50. The smallest absolute Gasteiger partial charge is 1.00 e. The van der Waals surface area contributed by atoms with Gasteiger partial charge in [0, 0.05) is 83.8 Å². The Morgan fingerprint density at radius 1 is 0.467 bits per heavy atom. The van der Waals surface area contributed by atoms with Crippen LogP contribution in [0.2, 0.25) is 0 Å². The molecule has 0 radical (unpaired) electrons. The van der Waals surface area contributed by atoms with Crippen LogP contribution < -0.4 is 51.4 Å². The summed E-state index contributed by atoms with van der Waals surface area (Å²) >= 11 is 0. The summed E-state index contributed by atoms with van der Waals surface area (Å²) in [6, 6.07) is 0. The second kappa shape index (κ2) is 7400000. The van der Waals surface area contributed by atoms with E-state index in [4.69, 9.17) is 31.6 Å². The first-order valence-electron chi connectivity index (χ1n) is 1.55. The van der Waals surface area contributed by atoms with E-state index in [0.717, 1.165) is 0 Å². The first kappa shape index (κ1) is 81.5. The summed E-state index contributed by atoms with van der Waals surface area (Å²) in [7, 11) is 0. The quantitative estimate of drug-likeness (QED) is 0.449. The zero-order valence-electron chi connectivity index (χ0n) is 9.21. The summed E-state index contributed by atoms with van der Waals surface area (Å²) in [5.41, 5.74) is 0. The van der Waals surface area contributed by atoms with Crippen molar-refractivity contribution in [2.45, 2.75) is 0 Å². The number of rotatable bonds is 0. The molecule has 0 aliphatic heterocycles. The topological polar surface area (TPSA) is 143 Å². The van der Waals surface area contributed by atoms with Crippen LogP contribution in [-0.4, -0.2) is 0 Å². The van der Waals surface area contributed by atoms with Crippen LogP contribution in [0.3, 0.4) is 0 Å². The maximum Gasteiger partial charge on any atom is 1.00 e. The summed E-state index contributed by atoms with van der Waals surface area (Å²) in [6.07, 6.45) is 0. The fraction of sp³-hybridized carbons (Fsp3) is 0. The van der Waals surface area contributed by atoms with Crippen LogP contribution in [0.25, 0.3) is 0 Å². The van der Waals surface area contributed by atoms with Gasteiger partial charge < -0.3 is 1.43 Å². The zero-order valence-corrected chi connectivity index (χ0v) is 16.5. The van der Waals surface area contributed by atoms with Crippen LogP contribution in [0, 0.1) is 71.0 Å². The van der Waals surface area contributed by atoms with Crippen LogP contribution in [0.4, 0.5) is 0 Å². The Balaban J connectivity index is -0.00000000321. The Labute approximate surface area is 165 Å². The summed E-state index contributed by atoms with van der Waals surface area (Å²) in [5.74, 6) is 0. The second-order valence-corrected chi connectivity index (χ2v) is 0. The van der Waals surface area contributed by atoms with Gasteiger partial charge in [-0.1, -0.05) is 0 Å². The van der Waals surface area contributed by atoms with Crippen LogP contribution in [0.5, 0.6) is 0 Å². The Hall–Kier alpha value is 0.0179. The van der Waals surface area contributed by atoms with E-state index in [1.54, 1.807) is 0 Å². The van der Waals surface area contributed by atoms with Crippen molar-refractivity contribution in [1.29, 1.82) is 31.6 Å². The third-order valence-corrected chi connectivity index (χ3v) is 0. The van der Waals surface area contributed by atoms with Crippen molar-refractivity contribution in [1.82, 2.24) is 0 Å². The molecule has 0 bridgehead atoms. The standard InChI is InChI=1S/6CHN.Cd.Fe.K.H/c6*1-2;;;;/h6*1H;;;;/q;;;;;;;;+1;-1. The molecule has 72 valence electrons. The Kier molecular flexibility index (Phi) is 40200000. The van der Waals surface area contributed by atoms with Crippen LogP contribution in [0.15, 0.2) is 0 Å². The third-order valence-electron chi connectivity index (χ3n) is 0. The molecule has 0 spiro atoms. The average Bonchev–Trinajstić information content (AvgIpc) is 2.33. The molecular formula is C6H7CdFeKN6. The molecular weight excluding hydrogens is 363 g/mol. The molecule has 15 heavy (non-hydrogen) atoms. The summed E-state index contributed by atoms with van der Waals surface area (Å²) in [6.45, 7) is 21.0. The molecule has 0 aromatic carbocycles. The SMILES string of the molecule is C#N.C#N.C#N.C#N.C#N.C#N.[Cd].[Fe].[H-].[K+]. The fourth-order valence-electron chi connectivity index (χ4n) is 0.